The van der Waals surface area contributed by atoms with Gasteiger partial charge in [-0.1, -0.05) is 30.3 Å². The van der Waals surface area contributed by atoms with Crippen molar-refractivity contribution in [2.75, 3.05) is 39.4 Å². The normalized spacial score (nSPS) is 16.7. The van der Waals surface area contributed by atoms with E-state index in [2.05, 4.69) is 10.4 Å². The molecule has 0 atom stereocenters. The molecule has 9 nitrogen and oxygen atoms in total. The van der Waals surface area contributed by atoms with Gasteiger partial charge in [0.15, 0.2) is 5.69 Å². The van der Waals surface area contributed by atoms with Crippen LogP contribution in [0.15, 0.2) is 36.4 Å². The molecule has 9 heteroatoms. The minimum atomic E-state index is -0.459. The van der Waals surface area contributed by atoms with Gasteiger partial charge in [-0.05, 0) is 12.0 Å². The molecule has 1 fully saturated rings. The van der Waals surface area contributed by atoms with E-state index in [9.17, 15) is 14.4 Å². The lowest BCUT2D eigenvalue weighted by atomic mass is 10.2. The number of hydrogen-bond donors (Lipinski definition) is 1. The molecule has 3 amide bonds. The fraction of sp³-hybridized carbons (Fsp3) is 0.429. The molecule has 0 unspecified atom stereocenters. The van der Waals surface area contributed by atoms with E-state index in [1.807, 2.05) is 30.3 Å². The average Bonchev–Trinajstić information content (AvgIpc) is 3.16. The molecule has 1 aromatic heterocycles. The first kappa shape index (κ1) is 20.1. The number of morpholine rings is 1. The highest BCUT2D eigenvalue weighted by Crippen LogP contribution is 2.16. The van der Waals surface area contributed by atoms with Crippen LogP contribution in [0.5, 0.6) is 0 Å². The van der Waals surface area contributed by atoms with Gasteiger partial charge >= 0.3 is 0 Å². The summed E-state index contributed by atoms with van der Waals surface area (Å²) in [6.07, 6.45) is 0.754. The standard InChI is InChI=1S/C21H25N5O4/c27-19(24-9-11-30-12-10-24)14-22-20(28)17-13-18-21(29)25(7-4-8-26(18)23-17)15-16-5-2-1-3-6-16/h1-3,5-6,13H,4,7-12,14-15H2,(H,22,28). The van der Waals surface area contributed by atoms with Crippen molar-refractivity contribution in [2.45, 2.75) is 19.5 Å². The van der Waals surface area contributed by atoms with Crippen molar-refractivity contribution in [3.05, 3.63) is 53.3 Å². The Balaban J connectivity index is 1.40. The Hall–Kier alpha value is -3.20. The molecule has 2 aliphatic heterocycles. The lowest BCUT2D eigenvalue weighted by molar-refractivity contribution is -0.134. The molecule has 158 valence electrons. The van der Waals surface area contributed by atoms with E-state index in [1.165, 1.54) is 6.07 Å². The maximum atomic E-state index is 13.0. The van der Waals surface area contributed by atoms with Crippen molar-refractivity contribution in [1.29, 1.82) is 0 Å². The second-order valence-corrected chi connectivity index (χ2v) is 7.38. The van der Waals surface area contributed by atoms with Crippen LogP contribution in [-0.2, 0) is 22.6 Å². The van der Waals surface area contributed by atoms with Crippen molar-refractivity contribution in [1.82, 2.24) is 24.9 Å². The van der Waals surface area contributed by atoms with E-state index in [0.717, 1.165) is 12.0 Å². The molecule has 0 radical (unpaired) electrons. The number of benzene rings is 1. The Morgan fingerprint density at radius 3 is 2.60 bits per heavy atom. The maximum Gasteiger partial charge on any atom is 0.272 e. The van der Waals surface area contributed by atoms with Crippen molar-refractivity contribution in [3.8, 4) is 0 Å². The van der Waals surface area contributed by atoms with Crippen LogP contribution in [0, 0.1) is 0 Å². The van der Waals surface area contributed by atoms with Crippen molar-refractivity contribution >= 4 is 17.7 Å². The average molecular weight is 411 g/mol. The number of rotatable bonds is 5. The number of carbonyl (C=O) groups is 3. The molecule has 1 saturated heterocycles. The first-order valence-electron chi connectivity index (χ1n) is 10.2. The van der Waals surface area contributed by atoms with Gasteiger partial charge in [-0.2, -0.15) is 5.10 Å². The third-order valence-corrected chi connectivity index (χ3v) is 5.30. The summed E-state index contributed by atoms with van der Waals surface area (Å²) < 4.78 is 6.82. The zero-order valence-electron chi connectivity index (χ0n) is 16.7. The van der Waals surface area contributed by atoms with Crippen LogP contribution in [0.2, 0.25) is 0 Å². The first-order valence-corrected chi connectivity index (χ1v) is 10.2. The summed E-state index contributed by atoms with van der Waals surface area (Å²) in [6.45, 7) is 3.68. The summed E-state index contributed by atoms with van der Waals surface area (Å²) in [5.74, 6) is -0.760. The number of aromatic nitrogens is 2. The van der Waals surface area contributed by atoms with Crippen LogP contribution >= 0.6 is 0 Å². The molecule has 1 aromatic carbocycles. The number of nitrogens with zero attached hydrogens (tertiary/aromatic N) is 4. The van der Waals surface area contributed by atoms with Gasteiger partial charge in [0.25, 0.3) is 11.8 Å². The number of hydrogen-bond acceptors (Lipinski definition) is 5. The minimum Gasteiger partial charge on any atom is -0.378 e. The third kappa shape index (κ3) is 4.51. The number of nitrogens with one attached hydrogen (secondary N) is 1. The van der Waals surface area contributed by atoms with Gasteiger partial charge in [-0.15, -0.1) is 0 Å². The molecular weight excluding hydrogens is 386 g/mol. The molecule has 0 aliphatic carbocycles. The maximum absolute atomic E-state index is 13.0. The van der Waals surface area contributed by atoms with E-state index in [0.29, 0.717) is 51.6 Å². The monoisotopic (exact) mass is 411 g/mol. The summed E-state index contributed by atoms with van der Waals surface area (Å²) >= 11 is 0. The van der Waals surface area contributed by atoms with E-state index in [4.69, 9.17) is 4.74 Å². The molecule has 4 rings (SSSR count). The highest BCUT2D eigenvalue weighted by atomic mass is 16.5. The molecule has 3 heterocycles. The number of fused-ring (bicyclic) bond motifs is 1. The quantitative estimate of drug-likeness (QED) is 0.774. The van der Waals surface area contributed by atoms with Gasteiger partial charge in [0, 0.05) is 38.8 Å². The van der Waals surface area contributed by atoms with Crippen LogP contribution < -0.4 is 5.32 Å². The fourth-order valence-corrected chi connectivity index (χ4v) is 3.67. The SMILES string of the molecule is O=C(NCC(=O)N1CCOCC1)c1cc2n(n1)CCCN(Cc1ccccc1)C2=O. The first-order chi connectivity index (χ1) is 14.6. The predicted octanol–water partition coefficient (Wildman–Crippen LogP) is 0.518. The molecule has 0 saturated carbocycles. The van der Waals surface area contributed by atoms with Gasteiger partial charge in [0.1, 0.15) is 5.69 Å². The summed E-state index contributed by atoms with van der Waals surface area (Å²) in [5, 5.41) is 6.92. The summed E-state index contributed by atoms with van der Waals surface area (Å²) in [6, 6.07) is 11.3. The lowest BCUT2D eigenvalue weighted by Gasteiger charge is -2.26. The second kappa shape index (κ2) is 9.08. The van der Waals surface area contributed by atoms with Crippen LogP contribution in [0.3, 0.4) is 0 Å². The zero-order valence-corrected chi connectivity index (χ0v) is 16.7. The number of aryl methyl sites for hydroxylation is 1. The molecule has 2 aromatic rings. The van der Waals surface area contributed by atoms with Gasteiger partial charge in [-0.3, -0.25) is 19.1 Å². The second-order valence-electron chi connectivity index (χ2n) is 7.38. The van der Waals surface area contributed by atoms with Gasteiger partial charge in [0.05, 0.1) is 19.8 Å². The topological polar surface area (TPSA) is 96.8 Å². The molecule has 0 spiro atoms. The summed E-state index contributed by atoms with van der Waals surface area (Å²) in [7, 11) is 0. The van der Waals surface area contributed by atoms with E-state index >= 15 is 0 Å². The van der Waals surface area contributed by atoms with E-state index in [-0.39, 0.29) is 24.1 Å². The minimum absolute atomic E-state index is 0.102. The molecule has 2 aliphatic rings. The highest BCUT2D eigenvalue weighted by molar-refractivity contribution is 5.99. The van der Waals surface area contributed by atoms with Crippen LogP contribution in [-0.4, -0.2) is 76.7 Å². The van der Waals surface area contributed by atoms with Crippen molar-refractivity contribution in [3.63, 3.8) is 0 Å². The Kier molecular flexibility index (Phi) is 6.08. The van der Waals surface area contributed by atoms with Crippen LogP contribution in [0.4, 0.5) is 0 Å². The van der Waals surface area contributed by atoms with Gasteiger partial charge < -0.3 is 19.9 Å². The van der Waals surface area contributed by atoms with E-state index in [1.54, 1.807) is 14.5 Å². The van der Waals surface area contributed by atoms with Crippen LogP contribution in [0.1, 0.15) is 33.0 Å². The van der Waals surface area contributed by atoms with Gasteiger partial charge in [0.2, 0.25) is 5.91 Å². The Bertz CT molecular complexity index is 921. The zero-order chi connectivity index (χ0) is 20.9. The Labute approximate surface area is 174 Å². The molecule has 0 bridgehead atoms. The number of amides is 3. The van der Waals surface area contributed by atoms with E-state index < -0.39 is 5.91 Å². The Morgan fingerprint density at radius 2 is 1.83 bits per heavy atom. The van der Waals surface area contributed by atoms with Gasteiger partial charge in [-0.25, -0.2) is 0 Å². The predicted molar refractivity (Wildman–Crippen MR) is 108 cm³/mol. The molecule has 1 N–H and O–H groups in total. The summed E-state index contributed by atoms with van der Waals surface area (Å²) in [4.78, 5) is 41.2. The van der Waals surface area contributed by atoms with Crippen molar-refractivity contribution in [2.24, 2.45) is 0 Å². The van der Waals surface area contributed by atoms with Crippen molar-refractivity contribution < 1.29 is 19.1 Å². The number of carbonyl (C=O) groups excluding carboxylic acids is 3. The largest absolute Gasteiger partial charge is 0.378 e. The number of ether oxygens (including phenoxy) is 1. The Morgan fingerprint density at radius 1 is 1.07 bits per heavy atom. The fourth-order valence-electron chi connectivity index (χ4n) is 3.67. The smallest absolute Gasteiger partial charge is 0.272 e. The molecule has 30 heavy (non-hydrogen) atoms. The lowest BCUT2D eigenvalue weighted by Crippen LogP contribution is -2.45. The van der Waals surface area contributed by atoms with Crippen LogP contribution in [0.25, 0.3) is 0 Å². The highest BCUT2D eigenvalue weighted by Gasteiger charge is 2.26. The summed E-state index contributed by atoms with van der Waals surface area (Å²) in [5.41, 5.74) is 1.60. The third-order valence-electron chi connectivity index (χ3n) is 5.30. The molecular formula is C21H25N5O4.